The van der Waals surface area contributed by atoms with E-state index in [0.717, 1.165) is 41.8 Å². The lowest BCUT2D eigenvalue weighted by atomic mass is 9.80. The van der Waals surface area contributed by atoms with Gasteiger partial charge < -0.3 is 5.11 Å². The summed E-state index contributed by atoms with van der Waals surface area (Å²) in [6, 6.07) is 7.73. The van der Waals surface area contributed by atoms with Crippen LogP contribution in [-0.2, 0) is 6.54 Å². The molecule has 122 valence electrons. The molecule has 0 aliphatic heterocycles. The first-order valence-corrected chi connectivity index (χ1v) is 8.47. The van der Waals surface area contributed by atoms with Crippen LogP contribution in [0.4, 0.5) is 0 Å². The van der Waals surface area contributed by atoms with Gasteiger partial charge in [0.25, 0.3) is 0 Å². The van der Waals surface area contributed by atoms with Gasteiger partial charge in [-0.1, -0.05) is 43.2 Å². The third-order valence-corrected chi connectivity index (χ3v) is 5.04. The predicted octanol–water partition coefficient (Wildman–Crippen LogP) is 3.96. The Kier molecular flexibility index (Phi) is 4.83. The minimum absolute atomic E-state index is 0.174. The van der Waals surface area contributed by atoms with Gasteiger partial charge in [-0.2, -0.15) is 5.10 Å². The first kappa shape index (κ1) is 16.2. The molecule has 1 aliphatic carbocycles. The first-order chi connectivity index (χ1) is 11.1. The fourth-order valence-corrected chi connectivity index (χ4v) is 3.44. The molecule has 1 saturated carbocycles. The Morgan fingerprint density at radius 3 is 2.83 bits per heavy atom. The van der Waals surface area contributed by atoms with Crippen molar-refractivity contribution in [2.75, 3.05) is 0 Å². The van der Waals surface area contributed by atoms with Gasteiger partial charge in [0.05, 0.1) is 6.54 Å². The molecule has 0 radical (unpaired) electrons. The van der Waals surface area contributed by atoms with Gasteiger partial charge >= 0.3 is 0 Å². The van der Waals surface area contributed by atoms with E-state index in [2.05, 4.69) is 23.1 Å². The summed E-state index contributed by atoms with van der Waals surface area (Å²) < 4.78 is 1.72. The smallest absolute Gasteiger partial charge is 0.137 e. The maximum absolute atomic E-state index is 11.5. The van der Waals surface area contributed by atoms with Crippen molar-refractivity contribution in [3.05, 3.63) is 53.1 Å². The van der Waals surface area contributed by atoms with Gasteiger partial charge in [-0.05, 0) is 48.4 Å². The van der Waals surface area contributed by atoms with E-state index < -0.39 is 5.60 Å². The number of aromatic nitrogens is 3. The van der Waals surface area contributed by atoms with Crippen molar-refractivity contribution in [2.24, 2.45) is 5.92 Å². The van der Waals surface area contributed by atoms with Crippen LogP contribution >= 0.6 is 11.6 Å². The summed E-state index contributed by atoms with van der Waals surface area (Å²) in [6.07, 6.45) is 9.43. The summed E-state index contributed by atoms with van der Waals surface area (Å²) in [4.78, 5) is 3.99. The van der Waals surface area contributed by atoms with E-state index in [0.29, 0.717) is 6.54 Å². The molecule has 5 heteroatoms. The van der Waals surface area contributed by atoms with Crippen LogP contribution in [0.25, 0.3) is 6.08 Å². The molecular weight excluding hydrogens is 310 g/mol. The molecule has 1 aromatic heterocycles. The lowest BCUT2D eigenvalue weighted by Gasteiger charge is -2.35. The number of hydrogen-bond donors (Lipinski definition) is 1. The summed E-state index contributed by atoms with van der Waals surface area (Å²) in [5.41, 5.74) is 1.24. The highest BCUT2D eigenvalue weighted by atomic mass is 35.5. The number of benzene rings is 1. The fraction of sp³-hybridized carbons (Fsp3) is 0.444. The number of hydrogen-bond acceptors (Lipinski definition) is 3. The normalized spacial score (nSPS) is 27.1. The highest BCUT2D eigenvalue weighted by Gasteiger charge is 2.39. The fourth-order valence-electron chi connectivity index (χ4n) is 3.31. The van der Waals surface area contributed by atoms with Crippen LogP contribution in [0.2, 0.25) is 5.02 Å². The summed E-state index contributed by atoms with van der Waals surface area (Å²) >= 11 is 5.97. The molecule has 0 bridgehead atoms. The van der Waals surface area contributed by atoms with Gasteiger partial charge in [0, 0.05) is 5.02 Å². The number of aliphatic hydroxyl groups is 1. The molecule has 3 rings (SSSR count). The van der Waals surface area contributed by atoms with Crippen LogP contribution in [0.5, 0.6) is 0 Å². The van der Waals surface area contributed by atoms with Gasteiger partial charge in [-0.3, -0.25) is 0 Å². The molecule has 0 spiro atoms. The second-order valence-corrected chi connectivity index (χ2v) is 6.82. The number of rotatable bonds is 3. The van der Waals surface area contributed by atoms with Crippen molar-refractivity contribution in [3.8, 4) is 0 Å². The Morgan fingerprint density at radius 1 is 1.35 bits per heavy atom. The molecule has 2 aromatic rings. The quantitative estimate of drug-likeness (QED) is 0.866. The van der Waals surface area contributed by atoms with Crippen molar-refractivity contribution >= 4 is 17.7 Å². The third kappa shape index (κ3) is 3.65. The molecule has 1 aromatic carbocycles. The number of halogens is 1. The lowest BCUT2D eigenvalue weighted by Crippen LogP contribution is -2.42. The van der Waals surface area contributed by atoms with Crippen molar-refractivity contribution in [3.63, 3.8) is 0 Å². The topological polar surface area (TPSA) is 50.9 Å². The standard InChI is InChI=1S/C18H22ClN3O/c1-14-4-2-3-5-16(10-15-6-8-17(19)9-7-15)18(14,23)11-22-13-20-12-21-22/h6-10,12-14,23H,2-5,11H2,1H3/b16-10-. The Balaban J connectivity index is 1.97. The van der Waals surface area contributed by atoms with Crippen molar-refractivity contribution < 1.29 is 5.11 Å². The molecule has 1 fully saturated rings. The molecule has 2 atom stereocenters. The Hall–Kier alpha value is -1.65. The molecule has 23 heavy (non-hydrogen) atoms. The maximum Gasteiger partial charge on any atom is 0.137 e. The zero-order chi connectivity index (χ0) is 16.3. The van der Waals surface area contributed by atoms with Crippen molar-refractivity contribution in [1.82, 2.24) is 14.8 Å². The van der Waals surface area contributed by atoms with Crippen molar-refractivity contribution in [1.29, 1.82) is 0 Å². The molecule has 4 nitrogen and oxygen atoms in total. The van der Waals surface area contributed by atoms with E-state index in [4.69, 9.17) is 11.6 Å². The summed E-state index contributed by atoms with van der Waals surface area (Å²) in [7, 11) is 0. The Morgan fingerprint density at radius 2 is 2.13 bits per heavy atom. The lowest BCUT2D eigenvalue weighted by molar-refractivity contribution is 0.00404. The van der Waals surface area contributed by atoms with E-state index >= 15 is 0 Å². The summed E-state index contributed by atoms with van der Waals surface area (Å²) in [5.74, 6) is 0.174. The maximum atomic E-state index is 11.5. The molecule has 1 aliphatic rings. The van der Waals surface area contributed by atoms with E-state index in [9.17, 15) is 5.11 Å². The molecule has 0 saturated heterocycles. The van der Waals surface area contributed by atoms with E-state index in [1.165, 1.54) is 6.33 Å². The third-order valence-electron chi connectivity index (χ3n) is 4.79. The average Bonchev–Trinajstić information content (AvgIpc) is 3.00. The summed E-state index contributed by atoms with van der Waals surface area (Å²) in [6.45, 7) is 2.56. The molecule has 1 heterocycles. The van der Waals surface area contributed by atoms with Crippen LogP contribution in [0, 0.1) is 5.92 Å². The van der Waals surface area contributed by atoms with Gasteiger partial charge in [-0.15, -0.1) is 0 Å². The van der Waals surface area contributed by atoms with Gasteiger partial charge in [0.1, 0.15) is 18.3 Å². The van der Waals surface area contributed by atoms with Crippen LogP contribution in [0.1, 0.15) is 38.2 Å². The molecule has 2 unspecified atom stereocenters. The van der Waals surface area contributed by atoms with Crippen molar-refractivity contribution in [2.45, 2.75) is 44.8 Å². The SMILES string of the molecule is CC1CCCC/C(=C/c2ccc(Cl)cc2)C1(O)Cn1cncn1. The van der Waals surface area contributed by atoms with E-state index in [1.54, 1.807) is 11.0 Å². The molecule has 1 N–H and O–H groups in total. The van der Waals surface area contributed by atoms with Gasteiger partial charge in [0.2, 0.25) is 0 Å². The first-order valence-electron chi connectivity index (χ1n) is 8.09. The van der Waals surface area contributed by atoms with E-state index in [-0.39, 0.29) is 5.92 Å². The average molecular weight is 332 g/mol. The zero-order valence-corrected chi connectivity index (χ0v) is 14.1. The monoisotopic (exact) mass is 331 g/mol. The number of nitrogens with zero attached hydrogens (tertiary/aromatic N) is 3. The van der Waals surface area contributed by atoms with Crippen LogP contribution < -0.4 is 0 Å². The van der Waals surface area contributed by atoms with Crippen LogP contribution in [0.3, 0.4) is 0 Å². The minimum Gasteiger partial charge on any atom is -0.383 e. The predicted molar refractivity (Wildman–Crippen MR) is 92.0 cm³/mol. The summed E-state index contributed by atoms with van der Waals surface area (Å²) in [5, 5.41) is 16.4. The highest BCUT2D eigenvalue weighted by molar-refractivity contribution is 6.30. The minimum atomic E-state index is -0.899. The highest BCUT2D eigenvalue weighted by Crippen LogP contribution is 2.38. The molecule has 0 amide bonds. The zero-order valence-electron chi connectivity index (χ0n) is 13.3. The largest absolute Gasteiger partial charge is 0.383 e. The van der Waals surface area contributed by atoms with Crippen LogP contribution in [-0.4, -0.2) is 25.5 Å². The Labute approximate surface area is 141 Å². The van der Waals surface area contributed by atoms with Crippen LogP contribution in [0.15, 0.2) is 42.5 Å². The Bertz CT molecular complexity index is 666. The second kappa shape index (κ2) is 6.85. The molecular formula is C18H22ClN3O. The van der Waals surface area contributed by atoms with E-state index in [1.807, 2.05) is 24.3 Å². The van der Waals surface area contributed by atoms with Gasteiger partial charge in [-0.25, -0.2) is 9.67 Å². The second-order valence-electron chi connectivity index (χ2n) is 6.39. The van der Waals surface area contributed by atoms with Gasteiger partial charge in [0.15, 0.2) is 0 Å².